The molecule has 2 rings (SSSR count). The van der Waals surface area contributed by atoms with Gasteiger partial charge in [0.1, 0.15) is 25.3 Å². The molecule has 1 N–H and O–H groups in total. The van der Waals surface area contributed by atoms with Gasteiger partial charge in [-0.15, -0.1) is 0 Å². The minimum Gasteiger partial charge on any atom is -0.364 e. The van der Waals surface area contributed by atoms with E-state index in [0.717, 1.165) is 19.6 Å². The van der Waals surface area contributed by atoms with Crippen molar-refractivity contribution < 1.29 is 9.64 Å². The van der Waals surface area contributed by atoms with E-state index in [4.69, 9.17) is 4.74 Å². The van der Waals surface area contributed by atoms with Crippen LogP contribution in [-0.4, -0.2) is 31.8 Å². The molecule has 0 spiro atoms. The van der Waals surface area contributed by atoms with E-state index in [-0.39, 0.29) is 0 Å². The average Bonchev–Trinajstić information content (AvgIpc) is 2.28. The van der Waals surface area contributed by atoms with Gasteiger partial charge < -0.3 is 9.64 Å². The molecule has 1 saturated heterocycles. The Hall–Kier alpha value is -1.12. The first kappa shape index (κ1) is 13.3. The van der Waals surface area contributed by atoms with Gasteiger partial charge in [-0.3, -0.25) is 0 Å². The summed E-state index contributed by atoms with van der Waals surface area (Å²) in [6, 6.07) is 10.5. The van der Waals surface area contributed by atoms with Crippen LogP contribution >= 0.6 is 0 Å². The number of morpholine rings is 1. The molecule has 98 valence electrons. The molecule has 0 bridgehead atoms. The monoisotopic (exact) mass is 246 g/mol. The summed E-state index contributed by atoms with van der Waals surface area (Å²) in [5.74, 6) is 0. The van der Waals surface area contributed by atoms with Gasteiger partial charge in [0.2, 0.25) is 0 Å². The highest BCUT2D eigenvalue weighted by Gasteiger charge is 2.25. The smallest absolute Gasteiger partial charge is 0.104 e. The van der Waals surface area contributed by atoms with E-state index < -0.39 is 0 Å². The van der Waals surface area contributed by atoms with E-state index in [9.17, 15) is 0 Å². The molecule has 0 amide bonds. The van der Waals surface area contributed by atoms with Crippen molar-refractivity contribution in [1.82, 2.24) is 0 Å². The van der Waals surface area contributed by atoms with Gasteiger partial charge in [-0.1, -0.05) is 36.4 Å². The highest BCUT2D eigenvalue weighted by atomic mass is 16.5. The van der Waals surface area contributed by atoms with E-state index in [2.05, 4.69) is 57.2 Å². The van der Waals surface area contributed by atoms with E-state index in [1.54, 1.807) is 4.90 Å². The molecule has 18 heavy (non-hydrogen) atoms. The van der Waals surface area contributed by atoms with Crippen LogP contribution < -0.4 is 4.90 Å². The summed E-state index contributed by atoms with van der Waals surface area (Å²) < 4.78 is 5.78. The number of benzene rings is 1. The van der Waals surface area contributed by atoms with Gasteiger partial charge in [-0.25, -0.2) is 0 Å². The van der Waals surface area contributed by atoms with Gasteiger partial charge in [-0.05, 0) is 31.9 Å². The predicted octanol–water partition coefficient (Wildman–Crippen LogP) is 1.78. The number of quaternary nitrogens is 1. The first-order chi connectivity index (χ1) is 8.63. The Bertz CT molecular complexity index is 389. The summed E-state index contributed by atoms with van der Waals surface area (Å²) in [7, 11) is 0. The Kier molecular flexibility index (Phi) is 4.56. The van der Waals surface area contributed by atoms with Gasteiger partial charge >= 0.3 is 0 Å². The summed E-state index contributed by atoms with van der Waals surface area (Å²) in [6.07, 6.45) is 3.05. The van der Waals surface area contributed by atoms with Crippen LogP contribution in [0.1, 0.15) is 26.3 Å². The summed E-state index contributed by atoms with van der Waals surface area (Å²) in [4.78, 5) is 1.63. The van der Waals surface area contributed by atoms with Crippen LogP contribution in [0, 0.1) is 0 Å². The fraction of sp³-hybridized carbons (Fsp3) is 0.500. The molecule has 1 aromatic carbocycles. The van der Waals surface area contributed by atoms with Gasteiger partial charge in [0.25, 0.3) is 0 Å². The third-order valence-electron chi connectivity index (χ3n) is 3.36. The van der Waals surface area contributed by atoms with Crippen LogP contribution in [0.25, 0.3) is 6.08 Å². The Morgan fingerprint density at radius 1 is 1.22 bits per heavy atom. The van der Waals surface area contributed by atoms with E-state index in [1.807, 2.05) is 0 Å². The molecule has 0 aromatic heterocycles. The normalized spacial score (nSPS) is 29.3. The fourth-order valence-electron chi connectivity index (χ4n) is 2.81. The molecule has 2 heteroatoms. The van der Waals surface area contributed by atoms with Gasteiger partial charge in [0, 0.05) is 0 Å². The molecule has 1 heterocycles. The molecule has 1 aromatic rings. The highest BCUT2D eigenvalue weighted by Crippen LogP contribution is 2.05. The third-order valence-corrected chi connectivity index (χ3v) is 3.36. The highest BCUT2D eigenvalue weighted by molar-refractivity contribution is 5.52. The van der Waals surface area contributed by atoms with Crippen molar-refractivity contribution in [3.8, 4) is 0 Å². The second kappa shape index (κ2) is 6.17. The number of rotatable bonds is 3. The Morgan fingerprint density at radius 2 is 1.83 bits per heavy atom. The maximum Gasteiger partial charge on any atom is 0.104 e. The number of hydrogen-bond donors (Lipinski definition) is 1. The van der Waals surface area contributed by atoms with Crippen LogP contribution in [0.15, 0.2) is 35.9 Å². The number of ether oxygens (including phenoxy) is 1. The molecule has 1 aliphatic rings. The Balaban J connectivity index is 1.94. The zero-order valence-electron chi connectivity index (χ0n) is 11.6. The van der Waals surface area contributed by atoms with Gasteiger partial charge in [-0.2, -0.15) is 0 Å². The maximum atomic E-state index is 5.78. The molecular formula is C16H24NO+. The largest absolute Gasteiger partial charge is 0.364 e. The quantitative estimate of drug-likeness (QED) is 0.858. The molecule has 0 aliphatic carbocycles. The zero-order valence-corrected chi connectivity index (χ0v) is 11.6. The minimum atomic E-state index is 0.383. The molecule has 2 atom stereocenters. The van der Waals surface area contributed by atoms with Gasteiger partial charge in [0.15, 0.2) is 0 Å². The second-order valence-corrected chi connectivity index (χ2v) is 5.49. The predicted molar refractivity (Wildman–Crippen MR) is 75.7 cm³/mol. The number of hydrogen-bond acceptors (Lipinski definition) is 1. The molecule has 0 saturated carbocycles. The van der Waals surface area contributed by atoms with Crippen molar-refractivity contribution >= 4 is 6.08 Å². The summed E-state index contributed by atoms with van der Waals surface area (Å²) in [5, 5.41) is 0. The van der Waals surface area contributed by atoms with Crippen molar-refractivity contribution in [2.45, 2.75) is 33.0 Å². The van der Waals surface area contributed by atoms with Crippen LogP contribution in [0.5, 0.6) is 0 Å². The number of nitrogens with one attached hydrogen (secondary N) is 1. The van der Waals surface area contributed by atoms with Crippen LogP contribution in [0.4, 0.5) is 0 Å². The molecule has 0 unspecified atom stereocenters. The van der Waals surface area contributed by atoms with Crippen molar-refractivity contribution in [3.05, 3.63) is 41.5 Å². The molecule has 2 nitrogen and oxygen atoms in total. The van der Waals surface area contributed by atoms with Crippen molar-refractivity contribution in [1.29, 1.82) is 0 Å². The lowest BCUT2D eigenvalue weighted by molar-refractivity contribution is -0.910. The SMILES string of the molecule is C/C(=C\c1ccccc1)C[NH+]1C[C@@H](C)O[C@H](C)C1. The maximum absolute atomic E-state index is 5.78. The van der Waals surface area contributed by atoms with E-state index in [1.165, 1.54) is 11.1 Å². The Labute approximate surface area is 110 Å². The summed E-state index contributed by atoms with van der Waals surface area (Å²) >= 11 is 0. The van der Waals surface area contributed by atoms with Crippen molar-refractivity contribution in [2.75, 3.05) is 19.6 Å². The van der Waals surface area contributed by atoms with E-state index in [0.29, 0.717) is 12.2 Å². The first-order valence-electron chi connectivity index (χ1n) is 6.84. The van der Waals surface area contributed by atoms with Crippen molar-refractivity contribution in [2.24, 2.45) is 0 Å². The van der Waals surface area contributed by atoms with Gasteiger partial charge in [0.05, 0.1) is 6.54 Å². The molecular weight excluding hydrogens is 222 g/mol. The topological polar surface area (TPSA) is 13.7 Å². The third kappa shape index (κ3) is 3.97. The standard InChI is InChI=1S/C16H23NO/c1-13(9-16-7-5-4-6-8-16)10-17-11-14(2)18-15(3)12-17/h4-9,14-15H,10-12H2,1-3H3/p+1/b13-9+/t14-,15-/m1/s1. The minimum absolute atomic E-state index is 0.383. The zero-order chi connectivity index (χ0) is 13.0. The average molecular weight is 246 g/mol. The van der Waals surface area contributed by atoms with Crippen LogP contribution in [0.2, 0.25) is 0 Å². The lowest BCUT2D eigenvalue weighted by atomic mass is 10.1. The molecule has 1 aliphatic heterocycles. The Morgan fingerprint density at radius 3 is 2.44 bits per heavy atom. The first-order valence-corrected chi connectivity index (χ1v) is 6.84. The lowest BCUT2D eigenvalue weighted by Crippen LogP contribution is -3.15. The van der Waals surface area contributed by atoms with E-state index >= 15 is 0 Å². The lowest BCUT2D eigenvalue weighted by Gasteiger charge is -2.32. The fourth-order valence-corrected chi connectivity index (χ4v) is 2.81. The summed E-state index contributed by atoms with van der Waals surface area (Å²) in [6.45, 7) is 9.92. The molecule has 1 fully saturated rings. The second-order valence-electron chi connectivity index (χ2n) is 5.49. The summed E-state index contributed by atoms with van der Waals surface area (Å²) in [5.41, 5.74) is 2.74. The van der Waals surface area contributed by atoms with Crippen molar-refractivity contribution in [3.63, 3.8) is 0 Å². The van der Waals surface area contributed by atoms with Crippen LogP contribution in [0.3, 0.4) is 0 Å². The van der Waals surface area contributed by atoms with Crippen LogP contribution in [-0.2, 0) is 4.74 Å². The molecule has 0 radical (unpaired) electrons.